The maximum Gasteiger partial charge on any atom is 0.253 e. The number of rotatable bonds is 4. The van der Waals surface area contributed by atoms with E-state index in [0.29, 0.717) is 37.6 Å². The predicted molar refractivity (Wildman–Crippen MR) is 127 cm³/mol. The van der Waals surface area contributed by atoms with Gasteiger partial charge in [0.1, 0.15) is 5.82 Å². The number of anilines is 1. The minimum absolute atomic E-state index is 0.0194. The lowest BCUT2D eigenvalue weighted by Gasteiger charge is -2.38. The van der Waals surface area contributed by atoms with Gasteiger partial charge in [0.25, 0.3) is 5.91 Å². The summed E-state index contributed by atoms with van der Waals surface area (Å²) in [5.74, 6) is 0.0139. The molecule has 2 aromatic rings. The van der Waals surface area contributed by atoms with Crippen molar-refractivity contribution in [2.75, 3.05) is 31.5 Å². The maximum absolute atomic E-state index is 13.3. The monoisotopic (exact) mass is 448 g/mol. The van der Waals surface area contributed by atoms with Gasteiger partial charge in [-0.05, 0) is 63.3 Å². The summed E-state index contributed by atoms with van der Waals surface area (Å²) >= 11 is 0. The van der Waals surface area contributed by atoms with Gasteiger partial charge in [-0.1, -0.05) is 23.8 Å². The van der Waals surface area contributed by atoms with Crippen molar-refractivity contribution < 1.29 is 14.4 Å². The Bertz CT molecular complexity index is 1000. The van der Waals surface area contributed by atoms with Gasteiger partial charge < -0.3 is 15.1 Å². The summed E-state index contributed by atoms with van der Waals surface area (Å²) < 4.78 is 0. The van der Waals surface area contributed by atoms with E-state index in [9.17, 15) is 14.4 Å². The van der Waals surface area contributed by atoms with E-state index in [1.807, 2.05) is 49.1 Å². The number of benzene rings is 1. The molecule has 0 saturated carbocycles. The Hall–Kier alpha value is -3.22. The largest absolute Gasteiger partial charge is 0.342 e. The first-order chi connectivity index (χ1) is 15.9. The second-order valence-corrected chi connectivity index (χ2v) is 9.29. The molecule has 2 fully saturated rings. The Kier molecular flexibility index (Phi) is 7.06. The van der Waals surface area contributed by atoms with Crippen LogP contribution in [0.5, 0.6) is 0 Å². The van der Waals surface area contributed by atoms with Crippen LogP contribution >= 0.6 is 0 Å². The van der Waals surface area contributed by atoms with Crippen molar-refractivity contribution in [1.82, 2.24) is 14.8 Å². The molecule has 0 aliphatic carbocycles. The van der Waals surface area contributed by atoms with Gasteiger partial charge in [0.15, 0.2) is 0 Å². The van der Waals surface area contributed by atoms with E-state index in [1.165, 1.54) is 0 Å². The minimum atomic E-state index is -0.250. The van der Waals surface area contributed by atoms with Crippen LogP contribution in [0, 0.1) is 25.7 Å². The van der Waals surface area contributed by atoms with Crippen LogP contribution in [0.1, 0.15) is 47.2 Å². The van der Waals surface area contributed by atoms with Gasteiger partial charge in [0, 0.05) is 37.9 Å². The van der Waals surface area contributed by atoms with Crippen LogP contribution in [0.4, 0.5) is 5.82 Å². The van der Waals surface area contributed by atoms with E-state index >= 15 is 0 Å². The van der Waals surface area contributed by atoms with Gasteiger partial charge in [0.05, 0.1) is 11.8 Å². The Balaban J connectivity index is 1.35. The van der Waals surface area contributed by atoms with Crippen molar-refractivity contribution in [2.24, 2.45) is 11.8 Å². The molecular formula is C26H32N4O3. The predicted octanol–water partition coefficient (Wildman–Crippen LogP) is 3.43. The summed E-state index contributed by atoms with van der Waals surface area (Å²) in [5.41, 5.74) is 2.80. The fourth-order valence-electron chi connectivity index (χ4n) is 4.66. The number of amides is 3. The van der Waals surface area contributed by atoms with Crippen molar-refractivity contribution in [3.8, 4) is 0 Å². The third-order valence-electron chi connectivity index (χ3n) is 6.62. The molecule has 1 aromatic heterocycles. The van der Waals surface area contributed by atoms with Crippen molar-refractivity contribution >= 4 is 23.5 Å². The van der Waals surface area contributed by atoms with E-state index in [0.717, 1.165) is 36.8 Å². The number of likely N-dealkylation sites (tertiary alicyclic amines) is 2. The van der Waals surface area contributed by atoms with Gasteiger partial charge >= 0.3 is 0 Å². The number of nitrogens with one attached hydrogen (secondary N) is 1. The van der Waals surface area contributed by atoms with Gasteiger partial charge in [-0.3, -0.25) is 14.4 Å². The molecule has 2 aliphatic heterocycles. The summed E-state index contributed by atoms with van der Waals surface area (Å²) in [7, 11) is 0. The van der Waals surface area contributed by atoms with Crippen LogP contribution < -0.4 is 5.32 Å². The highest BCUT2D eigenvalue weighted by Crippen LogP contribution is 2.25. The molecule has 2 unspecified atom stereocenters. The second-order valence-electron chi connectivity index (χ2n) is 9.29. The van der Waals surface area contributed by atoms with Crippen LogP contribution in [0.25, 0.3) is 0 Å². The number of carbonyl (C=O) groups is 3. The first kappa shape index (κ1) is 23.0. The van der Waals surface area contributed by atoms with Crippen molar-refractivity contribution in [3.63, 3.8) is 0 Å². The highest BCUT2D eigenvalue weighted by atomic mass is 16.2. The lowest BCUT2D eigenvalue weighted by molar-refractivity contribution is -0.139. The highest BCUT2D eigenvalue weighted by molar-refractivity contribution is 5.95. The van der Waals surface area contributed by atoms with Gasteiger partial charge in [0.2, 0.25) is 11.8 Å². The third-order valence-corrected chi connectivity index (χ3v) is 6.62. The molecule has 174 valence electrons. The lowest BCUT2D eigenvalue weighted by Crippen LogP contribution is -2.50. The van der Waals surface area contributed by atoms with Gasteiger partial charge in [-0.15, -0.1) is 0 Å². The Morgan fingerprint density at radius 2 is 1.48 bits per heavy atom. The first-order valence-corrected chi connectivity index (χ1v) is 11.8. The number of nitrogens with zero attached hydrogens (tertiary/aromatic N) is 3. The maximum atomic E-state index is 13.3. The van der Waals surface area contributed by atoms with Gasteiger partial charge in [-0.2, -0.15) is 0 Å². The summed E-state index contributed by atoms with van der Waals surface area (Å²) in [6.07, 6.45) is 4.86. The first-order valence-electron chi connectivity index (χ1n) is 11.8. The zero-order valence-corrected chi connectivity index (χ0v) is 19.4. The summed E-state index contributed by atoms with van der Waals surface area (Å²) in [4.78, 5) is 46.9. The molecule has 2 atom stereocenters. The zero-order valence-electron chi connectivity index (χ0n) is 19.4. The molecule has 0 bridgehead atoms. The third kappa shape index (κ3) is 5.59. The standard InChI is InChI=1S/C26H32N4O3/c1-18-7-10-20(11-8-18)25(32)30-14-4-6-22(17-30)26(33)29-13-3-5-21(16-29)24(31)28-23-12-9-19(2)15-27-23/h7-12,15,21-22H,3-6,13-14,16-17H2,1-2H3,(H,27,28,31). The average molecular weight is 449 g/mol. The highest BCUT2D eigenvalue weighted by Gasteiger charge is 2.35. The fraction of sp³-hybridized carbons (Fsp3) is 0.462. The summed E-state index contributed by atoms with van der Waals surface area (Å²) in [6.45, 7) is 6.13. The van der Waals surface area contributed by atoms with E-state index in [2.05, 4.69) is 10.3 Å². The number of aromatic nitrogens is 1. The van der Waals surface area contributed by atoms with E-state index < -0.39 is 0 Å². The topological polar surface area (TPSA) is 82.6 Å². The molecule has 33 heavy (non-hydrogen) atoms. The molecule has 0 spiro atoms. The molecule has 0 radical (unpaired) electrons. The van der Waals surface area contributed by atoms with Crippen molar-refractivity contribution in [1.29, 1.82) is 0 Å². The van der Waals surface area contributed by atoms with E-state index in [4.69, 9.17) is 0 Å². The lowest BCUT2D eigenvalue weighted by atomic mass is 9.92. The SMILES string of the molecule is Cc1ccc(C(=O)N2CCCC(C(=O)N3CCCC(C(=O)Nc4ccc(C)cn4)C3)C2)cc1. The van der Waals surface area contributed by atoms with Gasteiger partial charge in [-0.25, -0.2) is 4.98 Å². The molecule has 7 nitrogen and oxygen atoms in total. The number of aryl methyl sites for hydroxylation is 2. The molecule has 3 heterocycles. The molecule has 2 aliphatic rings. The smallest absolute Gasteiger partial charge is 0.253 e. The van der Waals surface area contributed by atoms with Crippen LogP contribution in [0.2, 0.25) is 0 Å². The molecule has 7 heteroatoms. The number of hydrogen-bond donors (Lipinski definition) is 1. The average Bonchev–Trinajstić information content (AvgIpc) is 2.85. The fourth-order valence-corrected chi connectivity index (χ4v) is 4.66. The zero-order chi connectivity index (χ0) is 23.4. The van der Waals surface area contributed by atoms with Crippen LogP contribution in [-0.2, 0) is 9.59 Å². The molecule has 4 rings (SSSR count). The number of hydrogen-bond acceptors (Lipinski definition) is 4. The number of carbonyl (C=O) groups excluding carboxylic acids is 3. The molecule has 3 amide bonds. The quantitative estimate of drug-likeness (QED) is 0.777. The van der Waals surface area contributed by atoms with Crippen LogP contribution in [-0.4, -0.2) is 58.7 Å². The van der Waals surface area contributed by atoms with E-state index in [1.54, 1.807) is 17.2 Å². The Morgan fingerprint density at radius 1 is 0.848 bits per heavy atom. The molecular weight excluding hydrogens is 416 g/mol. The number of piperidine rings is 2. The summed E-state index contributed by atoms with van der Waals surface area (Å²) in [5, 5.41) is 2.88. The normalized spacial score (nSPS) is 20.9. The van der Waals surface area contributed by atoms with Crippen LogP contribution in [0.15, 0.2) is 42.6 Å². The van der Waals surface area contributed by atoms with E-state index in [-0.39, 0.29) is 29.6 Å². The summed E-state index contributed by atoms with van der Waals surface area (Å²) in [6, 6.07) is 11.3. The molecule has 1 N–H and O–H groups in total. The Labute approximate surface area is 195 Å². The number of pyridine rings is 1. The Morgan fingerprint density at radius 3 is 2.18 bits per heavy atom. The molecule has 1 aromatic carbocycles. The van der Waals surface area contributed by atoms with Crippen molar-refractivity contribution in [3.05, 3.63) is 59.3 Å². The van der Waals surface area contributed by atoms with Crippen LogP contribution in [0.3, 0.4) is 0 Å². The minimum Gasteiger partial charge on any atom is -0.342 e. The molecule has 2 saturated heterocycles. The second kappa shape index (κ2) is 10.1. The van der Waals surface area contributed by atoms with Crippen molar-refractivity contribution in [2.45, 2.75) is 39.5 Å².